The summed E-state index contributed by atoms with van der Waals surface area (Å²) in [5.74, 6) is -0.321. The minimum absolute atomic E-state index is 0.321. The van der Waals surface area contributed by atoms with Gasteiger partial charge >= 0.3 is 0 Å². The van der Waals surface area contributed by atoms with Gasteiger partial charge in [0.1, 0.15) is 5.82 Å². The SMILES string of the molecule is Cc1ccc(C(O)Cc2cc(F)cc(Br)c2)cc1Cl. The summed E-state index contributed by atoms with van der Waals surface area (Å²) in [4.78, 5) is 0. The molecule has 0 radical (unpaired) electrons. The molecule has 1 N–H and O–H groups in total. The third-order valence-corrected chi connectivity index (χ3v) is 3.80. The fourth-order valence-electron chi connectivity index (χ4n) is 1.89. The average Bonchev–Trinajstić information content (AvgIpc) is 2.31. The van der Waals surface area contributed by atoms with Gasteiger partial charge in [-0.3, -0.25) is 0 Å². The van der Waals surface area contributed by atoms with E-state index in [2.05, 4.69) is 15.9 Å². The molecular formula is C15H13BrClFO. The minimum Gasteiger partial charge on any atom is -0.388 e. The van der Waals surface area contributed by atoms with E-state index in [4.69, 9.17) is 11.6 Å². The number of benzene rings is 2. The Labute approximate surface area is 125 Å². The normalized spacial score (nSPS) is 12.5. The summed E-state index contributed by atoms with van der Waals surface area (Å²) >= 11 is 9.27. The van der Waals surface area contributed by atoms with Crippen LogP contribution in [0.2, 0.25) is 5.02 Å². The molecule has 0 spiro atoms. The van der Waals surface area contributed by atoms with Crippen LogP contribution in [-0.4, -0.2) is 5.11 Å². The van der Waals surface area contributed by atoms with Gasteiger partial charge in [-0.2, -0.15) is 0 Å². The van der Waals surface area contributed by atoms with Crippen molar-refractivity contribution in [2.45, 2.75) is 19.4 Å². The van der Waals surface area contributed by atoms with Gasteiger partial charge < -0.3 is 5.11 Å². The molecule has 0 bridgehead atoms. The number of halogens is 3. The lowest BCUT2D eigenvalue weighted by Crippen LogP contribution is -2.02. The van der Waals surface area contributed by atoms with Crippen LogP contribution in [0.1, 0.15) is 22.8 Å². The Morgan fingerprint density at radius 3 is 2.63 bits per heavy atom. The number of hydrogen-bond acceptors (Lipinski definition) is 1. The first kappa shape index (κ1) is 14.5. The van der Waals surface area contributed by atoms with Crippen molar-refractivity contribution in [2.75, 3.05) is 0 Å². The highest BCUT2D eigenvalue weighted by Crippen LogP contribution is 2.25. The zero-order valence-corrected chi connectivity index (χ0v) is 12.7. The van der Waals surface area contributed by atoms with Crippen molar-refractivity contribution < 1.29 is 9.50 Å². The number of rotatable bonds is 3. The maximum atomic E-state index is 13.3. The van der Waals surface area contributed by atoms with Crippen LogP contribution in [0.5, 0.6) is 0 Å². The van der Waals surface area contributed by atoms with Crippen LogP contribution in [0.3, 0.4) is 0 Å². The summed E-state index contributed by atoms with van der Waals surface area (Å²) in [5, 5.41) is 10.8. The summed E-state index contributed by atoms with van der Waals surface area (Å²) in [6.07, 6.45) is -0.359. The van der Waals surface area contributed by atoms with Crippen LogP contribution in [0.15, 0.2) is 40.9 Å². The predicted octanol–water partition coefficient (Wildman–Crippen LogP) is 4.83. The van der Waals surface area contributed by atoms with E-state index in [-0.39, 0.29) is 5.82 Å². The Bertz CT molecular complexity index is 580. The molecule has 0 saturated heterocycles. The van der Waals surface area contributed by atoms with Crippen LogP contribution in [0.4, 0.5) is 4.39 Å². The molecule has 4 heteroatoms. The molecule has 1 unspecified atom stereocenters. The van der Waals surface area contributed by atoms with Crippen molar-refractivity contribution in [3.8, 4) is 0 Å². The predicted molar refractivity (Wildman–Crippen MR) is 79.0 cm³/mol. The number of aliphatic hydroxyl groups is 1. The van der Waals surface area contributed by atoms with Crippen molar-refractivity contribution in [3.63, 3.8) is 0 Å². The molecule has 0 aliphatic carbocycles. The Morgan fingerprint density at radius 1 is 1.26 bits per heavy atom. The lowest BCUT2D eigenvalue weighted by Gasteiger charge is -2.12. The van der Waals surface area contributed by atoms with Gasteiger partial charge in [-0.05, 0) is 47.9 Å². The third-order valence-electron chi connectivity index (χ3n) is 2.93. The van der Waals surface area contributed by atoms with E-state index in [1.165, 1.54) is 12.1 Å². The molecule has 0 aromatic heterocycles. The molecule has 0 aliphatic rings. The molecule has 2 aromatic rings. The molecule has 100 valence electrons. The molecule has 19 heavy (non-hydrogen) atoms. The molecule has 0 aliphatic heterocycles. The molecule has 2 aromatic carbocycles. The first-order valence-corrected chi connectivity index (χ1v) is 7.02. The topological polar surface area (TPSA) is 20.2 Å². The summed E-state index contributed by atoms with van der Waals surface area (Å²) in [6.45, 7) is 1.90. The Hall–Kier alpha value is -0.900. The van der Waals surface area contributed by atoms with Crippen molar-refractivity contribution in [1.82, 2.24) is 0 Å². The zero-order valence-electron chi connectivity index (χ0n) is 10.3. The molecular weight excluding hydrogens is 331 g/mol. The maximum absolute atomic E-state index is 13.3. The van der Waals surface area contributed by atoms with Gasteiger partial charge in [-0.25, -0.2) is 4.39 Å². The highest BCUT2D eigenvalue weighted by atomic mass is 79.9. The van der Waals surface area contributed by atoms with Gasteiger partial charge in [-0.1, -0.05) is 39.7 Å². The lowest BCUT2D eigenvalue weighted by atomic mass is 10.0. The average molecular weight is 344 g/mol. The molecule has 1 nitrogen and oxygen atoms in total. The standard InChI is InChI=1S/C15H13BrClFO/c1-9-2-3-11(7-14(9)17)15(19)6-10-4-12(16)8-13(18)5-10/h2-5,7-8,15,19H,6H2,1H3. The van der Waals surface area contributed by atoms with Crippen molar-refractivity contribution in [2.24, 2.45) is 0 Å². The fourth-order valence-corrected chi connectivity index (χ4v) is 2.59. The summed E-state index contributed by atoms with van der Waals surface area (Å²) in [7, 11) is 0. The molecule has 0 heterocycles. The van der Waals surface area contributed by atoms with Gasteiger partial charge in [-0.15, -0.1) is 0 Å². The molecule has 2 rings (SSSR count). The van der Waals surface area contributed by atoms with Crippen LogP contribution in [0, 0.1) is 12.7 Å². The van der Waals surface area contributed by atoms with Crippen LogP contribution < -0.4 is 0 Å². The van der Waals surface area contributed by atoms with Crippen molar-refractivity contribution in [1.29, 1.82) is 0 Å². The fraction of sp³-hybridized carbons (Fsp3) is 0.200. The number of aryl methyl sites for hydroxylation is 1. The van der Waals surface area contributed by atoms with Crippen molar-refractivity contribution >= 4 is 27.5 Å². The Kier molecular flexibility index (Phi) is 4.61. The molecule has 0 amide bonds. The third kappa shape index (κ3) is 3.78. The van der Waals surface area contributed by atoms with Gasteiger partial charge in [0.15, 0.2) is 0 Å². The second-order valence-corrected chi connectivity index (χ2v) is 5.83. The monoisotopic (exact) mass is 342 g/mol. The highest BCUT2D eigenvalue weighted by Gasteiger charge is 2.11. The van der Waals surface area contributed by atoms with Crippen molar-refractivity contribution in [3.05, 3.63) is 68.4 Å². The van der Waals surface area contributed by atoms with E-state index in [0.717, 1.165) is 16.7 Å². The largest absolute Gasteiger partial charge is 0.388 e. The van der Waals surface area contributed by atoms with Gasteiger partial charge in [0, 0.05) is 15.9 Å². The van der Waals surface area contributed by atoms with E-state index in [9.17, 15) is 9.50 Å². The Balaban J connectivity index is 2.20. The second-order valence-electron chi connectivity index (χ2n) is 4.51. The number of hydrogen-bond donors (Lipinski definition) is 1. The van der Waals surface area contributed by atoms with E-state index in [1.807, 2.05) is 19.1 Å². The number of aliphatic hydroxyl groups excluding tert-OH is 1. The highest BCUT2D eigenvalue weighted by molar-refractivity contribution is 9.10. The first-order chi connectivity index (χ1) is 8.95. The van der Waals surface area contributed by atoms with E-state index >= 15 is 0 Å². The summed E-state index contributed by atoms with van der Waals surface area (Å²) in [6, 6.07) is 10.0. The van der Waals surface area contributed by atoms with Crippen LogP contribution >= 0.6 is 27.5 Å². The van der Waals surface area contributed by atoms with Gasteiger partial charge in [0.2, 0.25) is 0 Å². The van der Waals surface area contributed by atoms with Gasteiger partial charge in [0.05, 0.1) is 6.10 Å². The van der Waals surface area contributed by atoms with Crippen LogP contribution in [0.25, 0.3) is 0 Å². The quantitative estimate of drug-likeness (QED) is 0.846. The molecule has 0 fully saturated rings. The van der Waals surface area contributed by atoms with Crippen LogP contribution in [-0.2, 0) is 6.42 Å². The minimum atomic E-state index is -0.702. The molecule has 0 saturated carbocycles. The first-order valence-electron chi connectivity index (χ1n) is 5.85. The van der Waals surface area contributed by atoms with E-state index < -0.39 is 6.10 Å². The van der Waals surface area contributed by atoms with E-state index in [1.54, 1.807) is 12.1 Å². The second kappa shape index (κ2) is 6.04. The smallest absolute Gasteiger partial charge is 0.124 e. The summed E-state index contributed by atoms with van der Waals surface area (Å²) in [5.41, 5.74) is 2.43. The maximum Gasteiger partial charge on any atom is 0.124 e. The molecule has 1 atom stereocenters. The van der Waals surface area contributed by atoms with E-state index in [0.29, 0.717) is 15.9 Å². The zero-order chi connectivity index (χ0) is 14.0. The Morgan fingerprint density at radius 2 is 2.00 bits per heavy atom. The summed E-state index contributed by atoms with van der Waals surface area (Å²) < 4.78 is 13.9. The van der Waals surface area contributed by atoms with Gasteiger partial charge in [0.25, 0.3) is 0 Å². The lowest BCUT2D eigenvalue weighted by molar-refractivity contribution is 0.178.